The lowest BCUT2D eigenvalue weighted by molar-refractivity contribution is 0.590. The molecule has 0 bridgehead atoms. The second kappa shape index (κ2) is 9.13. The highest BCUT2D eigenvalue weighted by molar-refractivity contribution is 7.98. The average molecular weight is 462 g/mol. The van der Waals surface area contributed by atoms with Gasteiger partial charge in [0.1, 0.15) is 0 Å². The van der Waals surface area contributed by atoms with Gasteiger partial charge in [-0.2, -0.15) is 0 Å². The predicted molar refractivity (Wildman–Crippen MR) is 136 cm³/mol. The fourth-order valence-electron chi connectivity index (χ4n) is 3.59. The first-order valence-corrected chi connectivity index (χ1v) is 12.1. The first-order chi connectivity index (χ1) is 15.2. The molecule has 0 radical (unpaired) electrons. The number of hydrogen-bond donors (Lipinski definition) is 0. The predicted octanol–water partition coefficient (Wildman–Crippen LogP) is 7.79. The summed E-state index contributed by atoms with van der Waals surface area (Å²) in [6.07, 6.45) is 0. The second-order valence-electron chi connectivity index (χ2n) is 9.16. The molecule has 0 saturated carbocycles. The van der Waals surface area contributed by atoms with Gasteiger partial charge in [-0.3, -0.25) is 4.57 Å². The van der Waals surface area contributed by atoms with E-state index in [0.717, 1.165) is 28.0 Å². The third kappa shape index (κ3) is 4.92. The monoisotopic (exact) mass is 461 g/mol. The summed E-state index contributed by atoms with van der Waals surface area (Å²) in [6, 6.07) is 23.0. The van der Waals surface area contributed by atoms with Crippen LogP contribution >= 0.6 is 23.4 Å². The van der Waals surface area contributed by atoms with Crippen LogP contribution < -0.4 is 0 Å². The molecule has 0 saturated heterocycles. The quantitative estimate of drug-likeness (QED) is 0.284. The Bertz CT molecular complexity index is 1220. The van der Waals surface area contributed by atoms with Gasteiger partial charge in [-0.25, -0.2) is 0 Å². The first kappa shape index (κ1) is 22.6. The standard InChI is InChI=1S/C27H28ClN3S/c1-18-6-7-19(2)21(16-18)17-32-26-30-29-25(31(26)24-14-12-23(28)13-15-24)20-8-10-22(11-9-20)27(3,4)5/h6-16H,17H2,1-5H3. The van der Waals surface area contributed by atoms with Crippen molar-refractivity contribution in [3.63, 3.8) is 0 Å². The lowest BCUT2D eigenvalue weighted by Crippen LogP contribution is -2.10. The Balaban J connectivity index is 1.73. The van der Waals surface area contributed by atoms with Gasteiger partial charge in [0.25, 0.3) is 0 Å². The van der Waals surface area contributed by atoms with E-state index in [1.54, 1.807) is 11.8 Å². The van der Waals surface area contributed by atoms with Gasteiger partial charge in [-0.15, -0.1) is 10.2 Å². The zero-order valence-electron chi connectivity index (χ0n) is 19.2. The fraction of sp³-hybridized carbons (Fsp3) is 0.259. The maximum absolute atomic E-state index is 6.16. The van der Waals surface area contributed by atoms with Crippen molar-refractivity contribution < 1.29 is 0 Å². The van der Waals surface area contributed by atoms with Crippen molar-refractivity contribution in [1.82, 2.24) is 14.8 Å². The Labute approximate surface area is 199 Å². The topological polar surface area (TPSA) is 30.7 Å². The van der Waals surface area contributed by atoms with Gasteiger partial charge < -0.3 is 0 Å². The molecule has 32 heavy (non-hydrogen) atoms. The molecule has 0 atom stereocenters. The molecule has 4 aromatic rings. The number of nitrogens with zero attached hydrogens (tertiary/aromatic N) is 3. The van der Waals surface area contributed by atoms with Crippen molar-refractivity contribution in [1.29, 1.82) is 0 Å². The van der Waals surface area contributed by atoms with E-state index in [-0.39, 0.29) is 5.41 Å². The van der Waals surface area contributed by atoms with Gasteiger partial charge in [0.05, 0.1) is 0 Å². The highest BCUT2D eigenvalue weighted by Crippen LogP contribution is 2.32. The number of aryl methyl sites for hydroxylation is 2. The maximum Gasteiger partial charge on any atom is 0.196 e. The van der Waals surface area contributed by atoms with Crippen molar-refractivity contribution in [3.05, 3.63) is 94.0 Å². The van der Waals surface area contributed by atoms with E-state index in [2.05, 4.69) is 91.8 Å². The van der Waals surface area contributed by atoms with Crippen LogP contribution in [-0.4, -0.2) is 14.8 Å². The smallest absolute Gasteiger partial charge is 0.196 e. The van der Waals surface area contributed by atoms with Crippen molar-refractivity contribution in [2.75, 3.05) is 0 Å². The van der Waals surface area contributed by atoms with Crippen molar-refractivity contribution >= 4 is 23.4 Å². The zero-order chi connectivity index (χ0) is 22.9. The third-order valence-corrected chi connectivity index (χ3v) is 6.82. The van der Waals surface area contributed by atoms with Crippen molar-refractivity contribution in [2.45, 2.75) is 50.9 Å². The molecule has 4 rings (SSSR count). The molecular weight excluding hydrogens is 434 g/mol. The summed E-state index contributed by atoms with van der Waals surface area (Å²) >= 11 is 7.86. The van der Waals surface area contributed by atoms with Gasteiger partial charge in [-0.1, -0.05) is 92.2 Å². The van der Waals surface area contributed by atoms with Crippen LogP contribution in [0.2, 0.25) is 5.02 Å². The first-order valence-electron chi connectivity index (χ1n) is 10.7. The van der Waals surface area contributed by atoms with Crippen molar-refractivity contribution in [2.24, 2.45) is 0 Å². The molecule has 0 aliphatic carbocycles. The average Bonchev–Trinajstić information content (AvgIpc) is 3.18. The summed E-state index contributed by atoms with van der Waals surface area (Å²) in [5, 5.41) is 10.7. The van der Waals surface area contributed by atoms with Crippen molar-refractivity contribution in [3.8, 4) is 17.1 Å². The summed E-state index contributed by atoms with van der Waals surface area (Å²) in [6.45, 7) is 10.9. The molecule has 0 aliphatic rings. The Morgan fingerprint density at radius 3 is 2.22 bits per heavy atom. The van der Waals surface area contributed by atoms with Gasteiger partial charge >= 0.3 is 0 Å². The lowest BCUT2D eigenvalue weighted by Gasteiger charge is -2.19. The highest BCUT2D eigenvalue weighted by Gasteiger charge is 2.18. The minimum atomic E-state index is 0.106. The molecule has 5 heteroatoms. The van der Waals surface area contributed by atoms with Gasteiger partial charge in [-0.05, 0) is 60.2 Å². The summed E-state index contributed by atoms with van der Waals surface area (Å²) in [4.78, 5) is 0. The number of rotatable bonds is 5. The zero-order valence-corrected chi connectivity index (χ0v) is 20.8. The molecule has 0 amide bonds. The Morgan fingerprint density at radius 2 is 1.56 bits per heavy atom. The molecule has 0 aliphatic heterocycles. The summed E-state index contributed by atoms with van der Waals surface area (Å²) in [7, 11) is 0. The molecule has 3 nitrogen and oxygen atoms in total. The highest BCUT2D eigenvalue weighted by atomic mass is 35.5. The molecule has 1 heterocycles. The van der Waals surface area contributed by atoms with Crippen LogP contribution in [-0.2, 0) is 11.2 Å². The number of benzene rings is 3. The van der Waals surface area contributed by atoms with E-state index < -0.39 is 0 Å². The van der Waals surface area contributed by atoms with Crippen LogP contribution in [0, 0.1) is 13.8 Å². The van der Waals surface area contributed by atoms with Gasteiger partial charge in [0.2, 0.25) is 0 Å². The van der Waals surface area contributed by atoms with Crippen LogP contribution in [0.3, 0.4) is 0 Å². The normalized spacial score (nSPS) is 11.7. The van der Waals surface area contributed by atoms with E-state index in [1.807, 2.05) is 24.3 Å². The molecule has 0 fully saturated rings. The second-order valence-corrected chi connectivity index (χ2v) is 10.5. The number of halogens is 1. The molecule has 1 aromatic heterocycles. The SMILES string of the molecule is Cc1ccc(C)c(CSc2nnc(-c3ccc(C(C)(C)C)cc3)n2-c2ccc(Cl)cc2)c1. The number of aromatic nitrogens is 3. The summed E-state index contributed by atoms with van der Waals surface area (Å²) in [5.41, 5.74) is 7.32. The molecule has 0 unspecified atom stereocenters. The minimum Gasteiger partial charge on any atom is -0.270 e. The molecule has 164 valence electrons. The van der Waals surface area contributed by atoms with Crippen LogP contribution in [0.1, 0.15) is 43.0 Å². The fourth-order valence-corrected chi connectivity index (χ4v) is 4.73. The largest absolute Gasteiger partial charge is 0.270 e. The molecule has 3 aromatic carbocycles. The van der Waals surface area contributed by atoms with Crippen LogP contribution in [0.4, 0.5) is 0 Å². The summed E-state index contributed by atoms with van der Waals surface area (Å²) in [5.74, 6) is 1.67. The van der Waals surface area contributed by atoms with E-state index in [0.29, 0.717) is 5.02 Å². The van der Waals surface area contributed by atoms with Crippen LogP contribution in [0.5, 0.6) is 0 Å². The Hall–Kier alpha value is -2.56. The third-order valence-electron chi connectivity index (χ3n) is 5.59. The maximum atomic E-state index is 6.16. The van der Waals surface area contributed by atoms with Gasteiger partial charge in [0, 0.05) is 22.0 Å². The van der Waals surface area contributed by atoms with Crippen LogP contribution in [0.25, 0.3) is 17.1 Å². The van der Waals surface area contributed by atoms with E-state index in [4.69, 9.17) is 11.6 Å². The minimum absolute atomic E-state index is 0.106. The lowest BCUT2D eigenvalue weighted by atomic mass is 9.87. The summed E-state index contributed by atoms with van der Waals surface area (Å²) < 4.78 is 2.12. The Morgan fingerprint density at radius 1 is 0.875 bits per heavy atom. The van der Waals surface area contributed by atoms with Gasteiger partial charge in [0.15, 0.2) is 11.0 Å². The number of hydrogen-bond acceptors (Lipinski definition) is 3. The number of thioether (sulfide) groups is 1. The Kier molecular flexibility index (Phi) is 6.45. The molecular formula is C27H28ClN3S. The molecule has 0 spiro atoms. The van der Waals surface area contributed by atoms with E-state index in [1.165, 1.54) is 22.3 Å². The molecule has 0 N–H and O–H groups in total. The van der Waals surface area contributed by atoms with Crippen LogP contribution in [0.15, 0.2) is 71.9 Å². The van der Waals surface area contributed by atoms with E-state index >= 15 is 0 Å². The van der Waals surface area contributed by atoms with E-state index in [9.17, 15) is 0 Å².